The van der Waals surface area contributed by atoms with Crippen LogP contribution in [0.25, 0.3) is 0 Å². The number of hydrogen-bond donors (Lipinski definition) is 2. The minimum absolute atomic E-state index is 0.149. The van der Waals surface area contributed by atoms with Gasteiger partial charge in [-0.15, -0.1) is 0 Å². The standard InChI is InChI=1S/C13H19N3/c1-2-16(12-6-7-12)9-10-4-3-5-11(8-10)13(14)15/h3-5,8,12H,2,6-7,9H2,1H3,(H3,14,15). The number of rotatable bonds is 5. The summed E-state index contributed by atoms with van der Waals surface area (Å²) in [7, 11) is 0. The Balaban J connectivity index is 2.07. The average molecular weight is 217 g/mol. The van der Waals surface area contributed by atoms with Crippen molar-refractivity contribution in [1.29, 1.82) is 5.41 Å². The summed E-state index contributed by atoms with van der Waals surface area (Å²) < 4.78 is 0. The van der Waals surface area contributed by atoms with Gasteiger partial charge in [0, 0.05) is 18.2 Å². The Morgan fingerprint density at radius 3 is 2.81 bits per heavy atom. The first-order valence-corrected chi connectivity index (χ1v) is 5.88. The zero-order valence-electron chi connectivity index (χ0n) is 9.74. The fourth-order valence-electron chi connectivity index (χ4n) is 2.01. The summed E-state index contributed by atoms with van der Waals surface area (Å²) in [5.74, 6) is 0.149. The summed E-state index contributed by atoms with van der Waals surface area (Å²) in [5, 5.41) is 7.42. The molecule has 0 unspecified atom stereocenters. The molecule has 3 heteroatoms. The summed E-state index contributed by atoms with van der Waals surface area (Å²) in [4.78, 5) is 2.49. The van der Waals surface area contributed by atoms with Crippen molar-refractivity contribution in [3.05, 3.63) is 35.4 Å². The van der Waals surface area contributed by atoms with E-state index in [9.17, 15) is 0 Å². The molecule has 3 N–H and O–H groups in total. The number of benzene rings is 1. The molecule has 0 aliphatic heterocycles. The van der Waals surface area contributed by atoms with Gasteiger partial charge < -0.3 is 5.73 Å². The fraction of sp³-hybridized carbons (Fsp3) is 0.462. The monoisotopic (exact) mass is 217 g/mol. The minimum atomic E-state index is 0.149. The van der Waals surface area contributed by atoms with E-state index in [1.54, 1.807) is 0 Å². The van der Waals surface area contributed by atoms with Crippen LogP contribution in [0.3, 0.4) is 0 Å². The molecule has 1 saturated carbocycles. The molecule has 1 aliphatic rings. The third-order valence-corrected chi connectivity index (χ3v) is 3.09. The van der Waals surface area contributed by atoms with Gasteiger partial charge in [-0.1, -0.05) is 25.1 Å². The SMILES string of the molecule is CCN(Cc1cccc(C(=N)N)c1)C1CC1. The molecule has 0 amide bonds. The zero-order chi connectivity index (χ0) is 11.5. The molecule has 1 aromatic rings. The summed E-state index contributed by atoms with van der Waals surface area (Å²) in [5.41, 5.74) is 7.56. The molecule has 1 aliphatic carbocycles. The highest BCUT2D eigenvalue weighted by molar-refractivity contribution is 5.95. The zero-order valence-corrected chi connectivity index (χ0v) is 9.74. The Bertz CT molecular complexity index is 383. The second-order valence-corrected chi connectivity index (χ2v) is 4.41. The number of nitrogens with zero attached hydrogens (tertiary/aromatic N) is 1. The van der Waals surface area contributed by atoms with Gasteiger partial charge in [-0.3, -0.25) is 10.3 Å². The summed E-state index contributed by atoms with van der Waals surface area (Å²) in [6.07, 6.45) is 2.67. The van der Waals surface area contributed by atoms with Crippen LogP contribution in [0.5, 0.6) is 0 Å². The van der Waals surface area contributed by atoms with Gasteiger partial charge in [0.2, 0.25) is 0 Å². The second-order valence-electron chi connectivity index (χ2n) is 4.41. The molecular formula is C13H19N3. The summed E-state index contributed by atoms with van der Waals surface area (Å²) in [6, 6.07) is 8.78. The Hall–Kier alpha value is -1.35. The molecule has 1 fully saturated rings. The van der Waals surface area contributed by atoms with E-state index in [4.69, 9.17) is 11.1 Å². The maximum Gasteiger partial charge on any atom is 0.122 e. The first-order chi connectivity index (χ1) is 7.70. The summed E-state index contributed by atoms with van der Waals surface area (Å²) >= 11 is 0. The third kappa shape index (κ3) is 2.61. The van der Waals surface area contributed by atoms with Crippen LogP contribution in [0.4, 0.5) is 0 Å². The molecule has 1 aromatic carbocycles. The molecule has 0 heterocycles. The van der Waals surface area contributed by atoms with Gasteiger partial charge in [0.15, 0.2) is 0 Å². The van der Waals surface area contributed by atoms with Crippen LogP contribution in [-0.4, -0.2) is 23.3 Å². The molecule has 2 rings (SSSR count). The normalized spacial score (nSPS) is 15.4. The number of nitrogen functional groups attached to an aromatic ring is 1. The predicted molar refractivity (Wildman–Crippen MR) is 66.6 cm³/mol. The van der Waals surface area contributed by atoms with E-state index in [0.717, 1.165) is 24.7 Å². The summed E-state index contributed by atoms with van der Waals surface area (Å²) in [6.45, 7) is 4.27. The number of hydrogen-bond acceptors (Lipinski definition) is 2. The van der Waals surface area contributed by atoms with Crippen molar-refractivity contribution in [2.45, 2.75) is 32.4 Å². The van der Waals surface area contributed by atoms with Crippen LogP contribution in [0, 0.1) is 5.41 Å². The molecule has 16 heavy (non-hydrogen) atoms. The van der Waals surface area contributed by atoms with Crippen LogP contribution in [0.1, 0.15) is 30.9 Å². The Kier molecular flexibility index (Phi) is 3.25. The van der Waals surface area contributed by atoms with Crippen molar-refractivity contribution in [2.75, 3.05) is 6.54 Å². The van der Waals surface area contributed by atoms with E-state index >= 15 is 0 Å². The third-order valence-electron chi connectivity index (χ3n) is 3.09. The molecule has 3 nitrogen and oxygen atoms in total. The number of amidine groups is 1. The Labute approximate surface area is 96.8 Å². The van der Waals surface area contributed by atoms with E-state index in [1.165, 1.54) is 18.4 Å². The van der Waals surface area contributed by atoms with E-state index < -0.39 is 0 Å². The van der Waals surface area contributed by atoms with Gasteiger partial charge >= 0.3 is 0 Å². The highest BCUT2D eigenvalue weighted by Crippen LogP contribution is 2.27. The molecule has 0 saturated heterocycles. The van der Waals surface area contributed by atoms with Crippen molar-refractivity contribution in [3.63, 3.8) is 0 Å². The lowest BCUT2D eigenvalue weighted by atomic mass is 10.1. The van der Waals surface area contributed by atoms with E-state index in [0.29, 0.717) is 0 Å². The second kappa shape index (κ2) is 4.66. The number of nitrogens with two attached hydrogens (primary N) is 1. The van der Waals surface area contributed by atoms with Crippen LogP contribution < -0.4 is 5.73 Å². The van der Waals surface area contributed by atoms with Gasteiger partial charge in [-0.25, -0.2) is 0 Å². The lowest BCUT2D eigenvalue weighted by molar-refractivity contribution is 0.269. The van der Waals surface area contributed by atoms with Gasteiger partial charge in [0.25, 0.3) is 0 Å². The topological polar surface area (TPSA) is 53.1 Å². The molecule has 0 atom stereocenters. The van der Waals surface area contributed by atoms with Crippen LogP contribution in [0.15, 0.2) is 24.3 Å². The molecule has 0 aromatic heterocycles. The average Bonchev–Trinajstić information content (AvgIpc) is 3.10. The molecule has 0 bridgehead atoms. The first-order valence-electron chi connectivity index (χ1n) is 5.88. The van der Waals surface area contributed by atoms with Gasteiger partial charge in [-0.05, 0) is 31.0 Å². The lowest BCUT2D eigenvalue weighted by Crippen LogP contribution is -2.25. The van der Waals surface area contributed by atoms with Crippen molar-refractivity contribution < 1.29 is 0 Å². The fourth-order valence-corrected chi connectivity index (χ4v) is 2.01. The van der Waals surface area contributed by atoms with Gasteiger partial charge in [0.05, 0.1) is 0 Å². The van der Waals surface area contributed by atoms with Crippen molar-refractivity contribution in [1.82, 2.24) is 4.90 Å². The molecule has 0 radical (unpaired) electrons. The molecule has 0 spiro atoms. The van der Waals surface area contributed by atoms with Crippen LogP contribution >= 0.6 is 0 Å². The highest BCUT2D eigenvalue weighted by atomic mass is 15.2. The Morgan fingerprint density at radius 2 is 2.25 bits per heavy atom. The predicted octanol–water partition coefficient (Wildman–Crippen LogP) is 1.95. The minimum Gasteiger partial charge on any atom is -0.384 e. The quantitative estimate of drug-likeness (QED) is 0.585. The largest absolute Gasteiger partial charge is 0.384 e. The Morgan fingerprint density at radius 1 is 1.50 bits per heavy atom. The number of nitrogens with one attached hydrogen (secondary N) is 1. The highest BCUT2D eigenvalue weighted by Gasteiger charge is 2.27. The maximum absolute atomic E-state index is 7.42. The van der Waals surface area contributed by atoms with Crippen molar-refractivity contribution in [3.8, 4) is 0 Å². The van der Waals surface area contributed by atoms with Crippen molar-refractivity contribution in [2.24, 2.45) is 5.73 Å². The van der Waals surface area contributed by atoms with E-state index in [-0.39, 0.29) is 5.84 Å². The molecule has 86 valence electrons. The maximum atomic E-state index is 7.42. The lowest BCUT2D eigenvalue weighted by Gasteiger charge is -2.20. The van der Waals surface area contributed by atoms with Gasteiger partial charge in [0.1, 0.15) is 5.84 Å². The first kappa shape index (κ1) is 11.1. The van der Waals surface area contributed by atoms with E-state index in [1.807, 2.05) is 18.2 Å². The smallest absolute Gasteiger partial charge is 0.122 e. The van der Waals surface area contributed by atoms with Crippen LogP contribution in [-0.2, 0) is 6.54 Å². The molecular weight excluding hydrogens is 198 g/mol. The van der Waals surface area contributed by atoms with Crippen LogP contribution in [0.2, 0.25) is 0 Å². The van der Waals surface area contributed by atoms with Crippen molar-refractivity contribution >= 4 is 5.84 Å². The van der Waals surface area contributed by atoms with E-state index in [2.05, 4.69) is 17.9 Å². The van der Waals surface area contributed by atoms with Gasteiger partial charge in [-0.2, -0.15) is 0 Å².